The van der Waals surface area contributed by atoms with E-state index < -0.39 is 18.3 Å². The molecule has 0 spiro atoms. The summed E-state index contributed by atoms with van der Waals surface area (Å²) in [6.07, 6.45) is 3.20. The van der Waals surface area contributed by atoms with Crippen LogP contribution < -0.4 is 0 Å². The highest BCUT2D eigenvalue weighted by atomic mass is 16.6. The average molecular weight is 266 g/mol. The lowest BCUT2D eigenvalue weighted by Crippen LogP contribution is -2.32. The maximum Gasteiger partial charge on any atom is 0.309 e. The molecule has 0 aromatic heterocycles. The molecule has 106 valence electrons. The van der Waals surface area contributed by atoms with E-state index in [1.54, 1.807) is 13.0 Å². The standard InChI is InChI=1S/C15H22O4/c1-8-4-5-11(16)9(2)7-13-14(12(17)6-8)10(3)15(18)19-13/h4,7,10-14,16-17H,5-6H2,1-3H3/b8-4+,9-7+/t10-,11+,12-,13+,14+/m0/s1. The summed E-state index contributed by atoms with van der Waals surface area (Å²) in [4.78, 5) is 11.7. The van der Waals surface area contributed by atoms with E-state index in [1.165, 1.54) is 0 Å². The lowest BCUT2D eigenvalue weighted by molar-refractivity contribution is -0.142. The van der Waals surface area contributed by atoms with Crippen LogP contribution in [0.1, 0.15) is 33.6 Å². The smallest absolute Gasteiger partial charge is 0.309 e. The summed E-state index contributed by atoms with van der Waals surface area (Å²) in [5.74, 6) is -0.821. The first-order valence-electron chi connectivity index (χ1n) is 6.80. The number of aliphatic hydroxyl groups is 2. The lowest BCUT2D eigenvalue weighted by Gasteiger charge is -2.25. The first-order chi connectivity index (χ1) is 8.90. The zero-order valence-electron chi connectivity index (χ0n) is 11.7. The van der Waals surface area contributed by atoms with E-state index in [2.05, 4.69) is 0 Å². The number of esters is 1. The van der Waals surface area contributed by atoms with Crippen molar-refractivity contribution < 1.29 is 19.7 Å². The third kappa shape index (κ3) is 2.90. The highest BCUT2D eigenvalue weighted by Gasteiger charge is 2.44. The lowest BCUT2D eigenvalue weighted by atomic mass is 9.82. The van der Waals surface area contributed by atoms with Crippen LogP contribution in [0.3, 0.4) is 0 Å². The van der Waals surface area contributed by atoms with Gasteiger partial charge >= 0.3 is 5.97 Å². The molecule has 0 aromatic carbocycles. The number of carbonyl (C=O) groups is 1. The molecule has 0 amide bonds. The number of aliphatic hydroxyl groups excluding tert-OH is 2. The number of hydrogen-bond donors (Lipinski definition) is 2. The summed E-state index contributed by atoms with van der Waals surface area (Å²) in [7, 11) is 0. The molecule has 0 radical (unpaired) electrons. The Morgan fingerprint density at radius 1 is 1.32 bits per heavy atom. The predicted molar refractivity (Wildman–Crippen MR) is 71.3 cm³/mol. The van der Waals surface area contributed by atoms with Crippen LogP contribution in [0.5, 0.6) is 0 Å². The normalized spacial score (nSPS) is 45.5. The first kappa shape index (κ1) is 14.3. The van der Waals surface area contributed by atoms with E-state index in [0.717, 1.165) is 11.1 Å². The van der Waals surface area contributed by atoms with E-state index in [1.807, 2.05) is 19.9 Å². The molecular formula is C15H22O4. The van der Waals surface area contributed by atoms with Gasteiger partial charge in [0.05, 0.1) is 18.1 Å². The topological polar surface area (TPSA) is 66.8 Å². The van der Waals surface area contributed by atoms with Crippen molar-refractivity contribution in [3.8, 4) is 0 Å². The van der Waals surface area contributed by atoms with Crippen LogP contribution in [0, 0.1) is 11.8 Å². The second kappa shape index (κ2) is 5.47. The Balaban J connectivity index is 2.35. The third-order valence-corrected chi connectivity index (χ3v) is 4.20. The fourth-order valence-electron chi connectivity index (χ4n) is 2.88. The van der Waals surface area contributed by atoms with Gasteiger partial charge in [-0.2, -0.15) is 0 Å². The Morgan fingerprint density at radius 2 is 2.00 bits per heavy atom. The minimum absolute atomic E-state index is 0.240. The Kier molecular flexibility index (Phi) is 4.11. The second-order valence-corrected chi connectivity index (χ2v) is 5.75. The highest BCUT2D eigenvalue weighted by Crippen LogP contribution is 2.35. The maximum atomic E-state index is 11.7. The maximum absolute atomic E-state index is 11.7. The summed E-state index contributed by atoms with van der Waals surface area (Å²) in [5.41, 5.74) is 1.82. The van der Waals surface area contributed by atoms with Crippen LogP contribution in [0.15, 0.2) is 23.3 Å². The van der Waals surface area contributed by atoms with Crippen LogP contribution in [-0.2, 0) is 9.53 Å². The molecular weight excluding hydrogens is 244 g/mol. The van der Waals surface area contributed by atoms with Gasteiger partial charge < -0.3 is 14.9 Å². The molecule has 1 aliphatic heterocycles. The molecule has 1 saturated heterocycles. The summed E-state index contributed by atoms with van der Waals surface area (Å²) in [5, 5.41) is 20.4. The van der Waals surface area contributed by atoms with Gasteiger partial charge in [-0.15, -0.1) is 0 Å². The van der Waals surface area contributed by atoms with Crippen molar-refractivity contribution in [3.63, 3.8) is 0 Å². The third-order valence-electron chi connectivity index (χ3n) is 4.20. The average Bonchev–Trinajstić information content (AvgIpc) is 2.60. The number of ether oxygens (including phenoxy) is 1. The van der Waals surface area contributed by atoms with Gasteiger partial charge in [0, 0.05) is 5.92 Å². The van der Waals surface area contributed by atoms with Crippen LogP contribution in [-0.4, -0.2) is 34.5 Å². The van der Waals surface area contributed by atoms with Crippen molar-refractivity contribution in [1.82, 2.24) is 0 Å². The summed E-state index contributed by atoms with van der Waals surface area (Å²) in [6.45, 7) is 5.56. The number of hydrogen-bond acceptors (Lipinski definition) is 4. The molecule has 0 bridgehead atoms. The molecule has 1 aliphatic carbocycles. The van der Waals surface area contributed by atoms with Gasteiger partial charge in [0.2, 0.25) is 0 Å². The van der Waals surface area contributed by atoms with Gasteiger partial charge in [-0.25, -0.2) is 0 Å². The van der Waals surface area contributed by atoms with E-state index in [4.69, 9.17) is 4.74 Å². The van der Waals surface area contributed by atoms with Crippen LogP contribution >= 0.6 is 0 Å². The Bertz CT molecular complexity index is 424. The number of fused-ring (bicyclic) bond motifs is 1. The minimum atomic E-state index is -0.595. The molecule has 19 heavy (non-hydrogen) atoms. The first-order valence-corrected chi connectivity index (χ1v) is 6.80. The van der Waals surface area contributed by atoms with Gasteiger partial charge in [-0.1, -0.05) is 18.6 Å². The predicted octanol–water partition coefficient (Wildman–Crippen LogP) is 1.57. The van der Waals surface area contributed by atoms with Gasteiger partial charge in [0.25, 0.3) is 0 Å². The van der Waals surface area contributed by atoms with Crippen LogP contribution in [0.4, 0.5) is 0 Å². The van der Waals surface area contributed by atoms with Gasteiger partial charge in [-0.3, -0.25) is 4.79 Å². The Labute approximate surface area is 113 Å². The second-order valence-electron chi connectivity index (χ2n) is 5.75. The van der Waals surface area contributed by atoms with Crippen molar-refractivity contribution in [3.05, 3.63) is 23.3 Å². The number of carbonyl (C=O) groups excluding carboxylic acids is 1. The Morgan fingerprint density at radius 3 is 2.68 bits per heavy atom. The van der Waals surface area contributed by atoms with Crippen LogP contribution in [0.2, 0.25) is 0 Å². The minimum Gasteiger partial charge on any atom is -0.457 e. The summed E-state index contributed by atoms with van der Waals surface area (Å²) in [6, 6.07) is 0. The van der Waals surface area contributed by atoms with Gasteiger partial charge in [0.1, 0.15) is 6.10 Å². The van der Waals surface area contributed by atoms with Crippen LogP contribution in [0.25, 0.3) is 0 Å². The largest absolute Gasteiger partial charge is 0.457 e. The molecule has 2 aliphatic rings. The van der Waals surface area contributed by atoms with E-state index in [9.17, 15) is 15.0 Å². The zero-order valence-corrected chi connectivity index (χ0v) is 11.7. The van der Waals surface area contributed by atoms with Crippen molar-refractivity contribution in [2.45, 2.75) is 51.9 Å². The van der Waals surface area contributed by atoms with E-state index in [0.29, 0.717) is 12.8 Å². The summed E-state index contributed by atoms with van der Waals surface area (Å²) >= 11 is 0. The molecule has 1 fully saturated rings. The van der Waals surface area contributed by atoms with Crippen molar-refractivity contribution in [2.24, 2.45) is 11.8 Å². The zero-order chi connectivity index (χ0) is 14.2. The van der Waals surface area contributed by atoms with Crippen molar-refractivity contribution in [1.29, 1.82) is 0 Å². The summed E-state index contributed by atoms with van der Waals surface area (Å²) < 4.78 is 5.33. The fraction of sp³-hybridized carbons (Fsp3) is 0.667. The van der Waals surface area contributed by atoms with Crippen molar-refractivity contribution >= 4 is 5.97 Å². The van der Waals surface area contributed by atoms with E-state index in [-0.39, 0.29) is 17.8 Å². The molecule has 0 unspecified atom stereocenters. The highest BCUT2D eigenvalue weighted by molar-refractivity contribution is 5.75. The molecule has 4 heteroatoms. The molecule has 0 aromatic rings. The van der Waals surface area contributed by atoms with E-state index >= 15 is 0 Å². The van der Waals surface area contributed by atoms with Crippen molar-refractivity contribution in [2.75, 3.05) is 0 Å². The molecule has 2 rings (SSSR count). The molecule has 2 N–H and O–H groups in total. The monoisotopic (exact) mass is 266 g/mol. The molecule has 4 nitrogen and oxygen atoms in total. The SMILES string of the molecule is C/C1=C\C[C@@H](O)/C(C)=C/[C@H]2OC(=O)[C@@H](C)[C@@H]2[C@@H](O)C1. The molecule has 0 saturated carbocycles. The van der Waals surface area contributed by atoms with Gasteiger partial charge in [-0.05, 0) is 38.3 Å². The fourth-order valence-corrected chi connectivity index (χ4v) is 2.88. The van der Waals surface area contributed by atoms with Gasteiger partial charge in [0.15, 0.2) is 0 Å². The molecule has 5 atom stereocenters. The number of rotatable bonds is 0. The molecule has 1 heterocycles. The quantitative estimate of drug-likeness (QED) is 0.516. The Hall–Kier alpha value is -1.13.